The highest BCUT2D eigenvalue weighted by Gasteiger charge is 2.32. The molecule has 29 heavy (non-hydrogen) atoms. The molecule has 0 radical (unpaired) electrons. The highest BCUT2D eigenvalue weighted by atomic mass is 32.2. The van der Waals surface area contributed by atoms with Crippen LogP contribution in [0.15, 0.2) is 41.3 Å². The molecule has 2 N–H and O–H groups in total. The fourth-order valence-electron chi connectivity index (χ4n) is 3.62. The average molecular weight is 423 g/mol. The van der Waals surface area contributed by atoms with E-state index in [1.54, 1.807) is 15.9 Å². The smallest absolute Gasteiger partial charge is 0.241 e. The standard InChI is InChI=1S/C20H23F2N3O3S/c1-3-24(11-16-17(21)5-4-6-18(16)22)12-20(26)25-13(2)9-14-10-15(29(23,27)28)7-8-19(14)25/h4-8,10,13H,3,9,11-12H2,1-2H3,(H2,23,27,28). The molecular weight excluding hydrogens is 400 g/mol. The lowest BCUT2D eigenvalue weighted by Crippen LogP contribution is -2.43. The van der Waals surface area contributed by atoms with Crippen LogP contribution in [0.2, 0.25) is 0 Å². The number of amides is 1. The van der Waals surface area contributed by atoms with E-state index < -0.39 is 21.7 Å². The van der Waals surface area contributed by atoms with Gasteiger partial charge in [0.25, 0.3) is 0 Å². The first-order valence-electron chi connectivity index (χ1n) is 9.24. The third-order valence-electron chi connectivity index (χ3n) is 5.11. The first kappa shape index (κ1) is 21.4. The Hall–Kier alpha value is -2.36. The topological polar surface area (TPSA) is 83.7 Å². The predicted octanol–water partition coefficient (Wildman–Crippen LogP) is 2.41. The molecule has 2 aromatic rings. The third-order valence-corrected chi connectivity index (χ3v) is 6.02. The van der Waals surface area contributed by atoms with Gasteiger partial charge in [0.2, 0.25) is 15.9 Å². The van der Waals surface area contributed by atoms with Crippen molar-refractivity contribution in [3.05, 3.63) is 59.2 Å². The van der Waals surface area contributed by atoms with Crippen LogP contribution in [-0.4, -0.2) is 38.4 Å². The Kier molecular flexibility index (Phi) is 6.02. The normalized spacial score (nSPS) is 16.3. The van der Waals surface area contributed by atoms with Crippen LogP contribution in [-0.2, 0) is 27.8 Å². The van der Waals surface area contributed by atoms with E-state index in [0.717, 1.165) is 5.56 Å². The minimum Gasteiger partial charge on any atom is -0.308 e. The number of rotatable bonds is 6. The van der Waals surface area contributed by atoms with Crippen molar-refractivity contribution in [3.8, 4) is 0 Å². The lowest BCUT2D eigenvalue weighted by atomic mass is 10.1. The minimum atomic E-state index is -3.83. The van der Waals surface area contributed by atoms with Gasteiger partial charge in [-0.3, -0.25) is 9.69 Å². The predicted molar refractivity (Wildman–Crippen MR) is 106 cm³/mol. The molecule has 1 atom stereocenters. The van der Waals surface area contributed by atoms with Crippen molar-refractivity contribution in [1.29, 1.82) is 0 Å². The fourth-order valence-corrected chi connectivity index (χ4v) is 4.18. The minimum absolute atomic E-state index is 0.00274. The molecule has 0 saturated heterocycles. The molecule has 0 saturated carbocycles. The monoisotopic (exact) mass is 423 g/mol. The molecule has 3 rings (SSSR count). The summed E-state index contributed by atoms with van der Waals surface area (Å²) in [6.07, 6.45) is 0.499. The molecule has 156 valence electrons. The molecule has 9 heteroatoms. The molecule has 0 aromatic heterocycles. The SMILES string of the molecule is CCN(CC(=O)N1c2ccc(S(N)(=O)=O)cc2CC1C)Cc1c(F)cccc1F. The van der Waals surface area contributed by atoms with Gasteiger partial charge in [-0.25, -0.2) is 22.3 Å². The molecule has 1 amide bonds. The van der Waals surface area contributed by atoms with Crippen LogP contribution in [0.1, 0.15) is 25.0 Å². The molecule has 1 unspecified atom stereocenters. The maximum absolute atomic E-state index is 14.0. The number of carbonyl (C=O) groups excluding carboxylic acids is 1. The number of fused-ring (bicyclic) bond motifs is 1. The highest BCUT2D eigenvalue weighted by molar-refractivity contribution is 7.89. The Morgan fingerprint density at radius 3 is 2.48 bits per heavy atom. The molecule has 0 spiro atoms. The van der Waals surface area contributed by atoms with Gasteiger partial charge < -0.3 is 4.90 Å². The van der Waals surface area contributed by atoms with Crippen molar-refractivity contribution in [2.45, 2.75) is 37.8 Å². The van der Waals surface area contributed by atoms with E-state index in [0.29, 0.717) is 18.7 Å². The summed E-state index contributed by atoms with van der Waals surface area (Å²) < 4.78 is 51.1. The second-order valence-electron chi connectivity index (χ2n) is 7.16. The zero-order valence-corrected chi connectivity index (χ0v) is 17.0. The molecule has 0 bridgehead atoms. The zero-order chi connectivity index (χ0) is 21.3. The van der Waals surface area contributed by atoms with Crippen molar-refractivity contribution in [1.82, 2.24) is 4.90 Å². The fraction of sp³-hybridized carbons (Fsp3) is 0.350. The zero-order valence-electron chi connectivity index (χ0n) is 16.2. The molecule has 0 aliphatic carbocycles. The van der Waals surface area contributed by atoms with Crippen molar-refractivity contribution >= 4 is 21.6 Å². The summed E-state index contributed by atoms with van der Waals surface area (Å²) in [7, 11) is -3.83. The second kappa shape index (κ2) is 8.17. The second-order valence-corrected chi connectivity index (χ2v) is 8.72. The maximum Gasteiger partial charge on any atom is 0.241 e. The van der Waals surface area contributed by atoms with Gasteiger partial charge in [0.05, 0.1) is 11.4 Å². The number of nitrogens with zero attached hydrogens (tertiary/aromatic N) is 2. The number of sulfonamides is 1. The molecular formula is C20H23F2N3O3S. The number of anilines is 1. The van der Waals surface area contributed by atoms with Crippen molar-refractivity contribution in [3.63, 3.8) is 0 Å². The molecule has 6 nitrogen and oxygen atoms in total. The summed E-state index contributed by atoms with van der Waals surface area (Å²) in [4.78, 5) is 16.2. The van der Waals surface area contributed by atoms with Gasteiger partial charge in [-0.05, 0) is 55.8 Å². The molecule has 2 aromatic carbocycles. The Labute approximate surface area is 169 Å². The Morgan fingerprint density at radius 1 is 1.24 bits per heavy atom. The quantitative estimate of drug-likeness (QED) is 0.774. The average Bonchev–Trinajstić information content (AvgIpc) is 2.98. The van der Waals surface area contributed by atoms with Gasteiger partial charge in [0.15, 0.2) is 0 Å². The van der Waals surface area contributed by atoms with Crippen molar-refractivity contribution in [2.24, 2.45) is 5.14 Å². The van der Waals surface area contributed by atoms with E-state index in [2.05, 4.69) is 0 Å². The lowest BCUT2D eigenvalue weighted by molar-refractivity contribution is -0.120. The Bertz CT molecular complexity index is 1020. The van der Waals surface area contributed by atoms with Crippen LogP contribution in [0.5, 0.6) is 0 Å². The number of likely N-dealkylation sites (N-methyl/N-ethyl adjacent to an activating group) is 1. The molecule has 1 heterocycles. The van der Waals surface area contributed by atoms with Crippen LogP contribution in [0.25, 0.3) is 0 Å². The van der Waals surface area contributed by atoms with Gasteiger partial charge in [-0.15, -0.1) is 0 Å². The largest absolute Gasteiger partial charge is 0.308 e. The number of hydrogen-bond donors (Lipinski definition) is 1. The van der Waals surface area contributed by atoms with Gasteiger partial charge >= 0.3 is 0 Å². The molecule has 1 aliphatic rings. The summed E-state index contributed by atoms with van der Waals surface area (Å²) in [6.45, 7) is 4.05. The summed E-state index contributed by atoms with van der Waals surface area (Å²) >= 11 is 0. The van der Waals surface area contributed by atoms with Gasteiger partial charge in [0, 0.05) is 23.8 Å². The summed E-state index contributed by atoms with van der Waals surface area (Å²) in [6, 6.07) is 7.94. The van der Waals surface area contributed by atoms with Crippen molar-refractivity contribution < 1.29 is 22.0 Å². The third kappa shape index (κ3) is 4.47. The number of nitrogens with two attached hydrogens (primary N) is 1. The van der Waals surface area contributed by atoms with E-state index >= 15 is 0 Å². The highest BCUT2D eigenvalue weighted by Crippen LogP contribution is 2.34. The number of benzene rings is 2. The van der Waals surface area contributed by atoms with E-state index in [-0.39, 0.29) is 35.5 Å². The number of carbonyl (C=O) groups is 1. The Morgan fingerprint density at radius 2 is 1.90 bits per heavy atom. The van der Waals surface area contributed by atoms with Crippen LogP contribution < -0.4 is 10.0 Å². The van der Waals surface area contributed by atoms with E-state index in [1.807, 2.05) is 13.8 Å². The van der Waals surface area contributed by atoms with Gasteiger partial charge in [-0.1, -0.05) is 13.0 Å². The number of primary sulfonamides is 1. The number of halogens is 2. The van der Waals surface area contributed by atoms with Crippen LogP contribution in [0.3, 0.4) is 0 Å². The summed E-state index contributed by atoms with van der Waals surface area (Å²) in [5, 5.41) is 5.19. The van der Waals surface area contributed by atoms with E-state index in [1.165, 1.54) is 30.3 Å². The molecule has 1 aliphatic heterocycles. The van der Waals surface area contributed by atoms with Crippen molar-refractivity contribution in [2.75, 3.05) is 18.0 Å². The summed E-state index contributed by atoms with van der Waals surface area (Å²) in [5.41, 5.74) is 1.28. The van der Waals surface area contributed by atoms with E-state index in [9.17, 15) is 22.0 Å². The van der Waals surface area contributed by atoms with Crippen LogP contribution in [0.4, 0.5) is 14.5 Å². The van der Waals surface area contributed by atoms with Gasteiger partial charge in [-0.2, -0.15) is 0 Å². The van der Waals surface area contributed by atoms with Gasteiger partial charge in [0.1, 0.15) is 11.6 Å². The lowest BCUT2D eigenvalue weighted by Gasteiger charge is -2.27. The van der Waals surface area contributed by atoms with E-state index in [4.69, 9.17) is 5.14 Å². The summed E-state index contributed by atoms with van der Waals surface area (Å²) in [5.74, 6) is -1.52. The van der Waals surface area contributed by atoms with Crippen LogP contribution in [0, 0.1) is 11.6 Å². The van der Waals surface area contributed by atoms with Crippen LogP contribution >= 0.6 is 0 Å². The first-order chi connectivity index (χ1) is 13.6. The maximum atomic E-state index is 14.0. The number of hydrogen-bond acceptors (Lipinski definition) is 4. The first-order valence-corrected chi connectivity index (χ1v) is 10.8. The Balaban J connectivity index is 1.80. The molecule has 0 fully saturated rings.